The van der Waals surface area contributed by atoms with E-state index in [0.29, 0.717) is 16.8 Å². The van der Waals surface area contributed by atoms with Crippen LogP contribution in [-0.2, 0) is 0 Å². The molecule has 0 radical (unpaired) electrons. The number of amides is 2. The van der Waals surface area contributed by atoms with E-state index in [1.54, 1.807) is 37.4 Å². The highest BCUT2D eigenvalue weighted by Gasteiger charge is 2.12. The number of rotatable bonds is 4. The molecule has 2 amide bonds. The van der Waals surface area contributed by atoms with Gasteiger partial charge in [0.2, 0.25) is 5.91 Å². The lowest BCUT2D eigenvalue weighted by molar-refractivity contribution is 0.0998. The van der Waals surface area contributed by atoms with Crippen LogP contribution in [0.3, 0.4) is 0 Å². The first-order chi connectivity index (χ1) is 10.4. The van der Waals surface area contributed by atoms with Crippen molar-refractivity contribution < 1.29 is 14.3 Å². The van der Waals surface area contributed by atoms with E-state index in [-0.39, 0.29) is 5.91 Å². The molecular formula is C17H18N2O3. The summed E-state index contributed by atoms with van der Waals surface area (Å²) in [5, 5.41) is 2.80. The van der Waals surface area contributed by atoms with E-state index in [4.69, 9.17) is 10.5 Å². The van der Waals surface area contributed by atoms with Crippen LogP contribution in [0.2, 0.25) is 0 Å². The molecule has 0 fully saturated rings. The summed E-state index contributed by atoms with van der Waals surface area (Å²) < 4.78 is 5.24. The van der Waals surface area contributed by atoms with Crippen molar-refractivity contribution in [2.75, 3.05) is 12.4 Å². The summed E-state index contributed by atoms with van der Waals surface area (Å²) in [5.41, 5.74) is 8.48. The Morgan fingerprint density at radius 2 is 1.68 bits per heavy atom. The molecule has 22 heavy (non-hydrogen) atoms. The SMILES string of the molecule is COc1cc(C)c(C(=O)Nc2ccc(C(N)=O)cc2)cc1C. The molecule has 0 aliphatic heterocycles. The average Bonchev–Trinajstić information content (AvgIpc) is 2.49. The van der Waals surface area contributed by atoms with Gasteiger partial charge < -0.3 is 15.8 Å². The van der Waals surface area contributed by atoms with Gasteiger partial charge in [-0.3, -0.25) is 9.59 Å². The lowest BCUT2D eigenvalue weighted by atomic mass is 10.0. The van der Waals surface area contributed by atoms with E-state index >= 15 is 0 Å². The molecule has 0 atom stereocenters. The molecule has 0 unspecified atom stereocenters. The molecular weight excluding hydrogens is 280 g/mol. The highest BCUT2D eigenvalue weighted by Crippen LogP contribution is 2.23. The van der Waals surface area contributed by atoms with Crippen LogP contribution in [0.15, 0.2) is 36.4 Å². The summed E-state index contributed by atoms with van der Waals surface area (Å²) >= 11 is 0. The Bertz CT molecular complexity index is 721. The molecule has 0 saturated heterocycles. The summed E-state index contributed by atoms with van der Waals surface area (Å²) in [7, 11) is 1.60. The number of ether oxygens (including phenoxy) is 1. The van der Waals surface area contributed by atoms with E-state index in [0.717, 1.165) is 16.9 Å². The number of hydrogen-bond acceptors (Lipinski definition) is 3. The van der Waals surface area contributed by atoms with Crippen molar-refractivity contribution in [1.29, 1.82) is 0 Å². The fourth-order valence-corrected chi connectivity index (χ4v) is 2.17. The van der Waals surface area contributed by atoms with Crippen LogP contribution in [0.5, 0.6) is 5.75 Å². The van der Waals surface area contributed by atoms with Crippen molar-refractivity contribution in [3.8, 4) is 5.75 Å². The Morgan fingerprint density at radius 3 is 2.23 bits per heavy atom. The molecule has 114 valence electrons. The average molecular weight is 298 g/mol. The maximum atomic E-state index is 12.4. The van der Waals surface area contributed by atoms with E-state index in [1.165, 1.54) is 0 Å². The number of nitrogens with one attached hydrogen (secondary N) is 1. The minimum Gasteiger partial charge on any atom is -0.496 e. The van der Waals surface area contributed by atoms with Gasteiger partial charge in [-0.15, -0.1) is 0 Å². The Labute approximate surface area is 129 Å². The van der Waals surface area contributed by atoms with Gasteiger partial charge in [-0.25, -0.2) is 0 Å². The molecule has 2 aromatic rings. The van der Waals surface area contributed by atoms with Crippen molar-refractivity contribution in [1.82, 2.24) is 0 Å². The largest absolute Gasteiger partial charge is 0.496 e. The number of anilines is 1. The Balaban J connectivity index is 2.22. The maximum Gasteiger partial charge on any atom is 0.255 e. The van der Waals surface area contributed by atoms with Crippen molar-refractivity contribution >= 4 is 17.5 Å². The molecule has 5 heteroatoms. The lowest BCUT2D eigenvalue weighted by Gasteiger charge is -2.12. The molecule has 0 bridgehead atoms. The van der Waals surface area contributed by atoms with Gasteiger partial charge in [0.25, 0.3) is 5.91 Å². The second kappa shape index (κ2) is 6.30. The van der Waals surface area contributed by atoms with Crippen LogP contribution in [-0.4, -0.2) is 18.9 Å². The van der Waals surface area contributed by atoms with Gasteiger partial charge in [-0.2, -0.15) is 0 Å². The molecule has 0 aliphatic carbocycles. The van der Waals surface area contributed by atoms with E-state index < -0.39 is 5.91 Å². The summed E-state index contributed by atoms with van der Waals surface area (Å²) in [6.45, 7) is 3.74. The summed E-state index contributed by atoms with van der Waals surface area (Å²) in [5.74, 6) is 0.0365. The first kappa shape index (κ1) is 15.6. The van der Waals surface area contributed by atoms with E-state index in [1.807, 2.05) is 19.9 Å². The molecule has 3 N–H and O–H groups in total. The Hall–Kier alpha value is -2.82. The van der Waals surface area contributed by atoms with Crippen molar-refractivity contribution in [2.24, 2.45) is 5.73 Å². The fourth-order valence-electron chi connectivity index (χ4n) is 2.17. The zero-order valence-corrected chi connectivity index (χ0v) is 12.8. The second-order valence-corrected chi connectivity index (χ2v) is 5.03. The van der Waals surface area contributed by atoms with Crippen LogP contribution < -0.4 is 15.8 Å². The zero-order valence-electron chi connectivity index (χ0n) is 12.8. The second-order valence-electron chi connectivity index (χ2n) is 5.03. The van der Waals surface area contributed by atoms with Gasteiger partial charge in [-0.1, -0.05) is 0 Å². The molecule has 0 aliphatic rings. The Morgan fingerprint density at radius 1 is 1.05 bits per heavy atom. The number of benzene rings is 2. The van der Waals surface area contributed by atoms with Gasteiger partial charge in [0.05, 0.1) is 7.11 Å². The molecule has 0 aromatic heterocycles. The molecule has 0 saturated carbocycles. The lowest BCUT2D eigenvalue weighted by Crippen LogP contribution is -2.14. The quantitative estimate of drug-likeness (QED) is 0.910. The van der Waals surface area contributed by atoms with Gasteiger partial charge in [0.1, 0.15) is 5.75 Å². The van der Waals surface area contributed by atoms with Crippen LogP contribution in [0.4, 0.5) is 5.69 Å². The molecule has 2 rings (SSSR count). The topological polar surface area (TPSA) is 81.4 Å². The fraction of sp³-hybridized carbons (Fsp3) is 0.176. The molecule has 2 aromatic carbocycles. The maximum absolute atomic E-state index is 12.4. The Kier molecular flexibility index (Phi) is 4.46. The summed E-state index contributed by atoms with van der Waals surface area (Å²) in [6, 6.07) is 10.1. The predicted molar refractivity (Wildman–Crippen MR) is 85.4 cm³/mol. The highest BCUT2D eigenvalue weighted by molar-refractivity contribution is 6.05. The van der Waals surface area contributed by atoms with Crippen LogP contribution in [0.25, 0.3) is 0 Å². The highest BCUT2D eigenvalue weighted by atomic mass is 16.5. The first-order valence-electron chi connectivity index (χ1n) is 6.79. The number of hydrogen-bond donors (Lipinski definition) is 2. The first-order valence-corrected chi connectivity index (χ1v) is 6.79. The monoisotopic (exact) mass is 298 g/mol. The van der Waals surface area contributed by atoms with Crippen molar-refractivity contribution in [3.05, 3.63) is 58.7 Å². The van der Waals surface area contributed by atoms with Crippen molar-refractivity contribution in [2.45, 2.75) is 13.8 Å². The molecule has 0 spiro atoms. The normalized spacial score (nSPS) is 10.1. The third-order valence-electron chi connectivity index (χ3n) is 3.41. The van der Waals surface area contributed by atoms with Crippen LogP contribution in [0, 0.1) is 13.8 Å². The van der Waals surface area contributed by atoms with Crippen LogP contribution >= 0.6 is 0 Å². The van der Waals surface area contributed by atoms with E-state index in [9.17, 15) is 9.59 Å². The molecule has 5 nitrogen and oxygen atoms in total. The van der Waals surface area contributed by atoms with Gasteiger partial charge in [0.15, 0.2) is 0 Å². The minimum atomic E-state index is -0.500. The number of carbonyl (C=O) groups is 2. The van der Waals surface area contributed by atoms with Gasteiger partial charge in [0, 0.05) is 16.8 Å². The predicted octanol–water partition coefficient (Wildman–Crippen LogP) is 2.66. The number of carbonyl (C=O) groups excluding carboxylic acids is 2. The summed E-state index contributed by atoms with van der Waals surface area (Å²) in [4.78, 5) is 23.4. The third-order valence-corrected chi connectivity index (χ3v) is 3.41. The minimum absolute atomic E-state index is 0.213. The number of nitrogens with two attached hydrogens (primary N) is 1. The summed E-state index contributed by atoms with van der Waals surface area (Å²) in [6.07, 6.45) is 0. The van der Waals surface area contributed by atoms with Crippen LogP contribution in [0.1, 0.15) is 31.8 Å². The smallest absolute Gasteiger partial charge is 0.255 e. The number of methoxy groups -OCH3 is 1. The standard InChI is InChI=1S/C17H18N2O3/c1-10-9-15(22-3)11(2)8-14(10)17(21)19-13-6-4-12(5-7-13)16(18)20/h4-9H,1-3H3,(H2,18,20)(H,19,21). The third kappa shape index (κ3) is 3.25. The van der Waals surface area contributed by atoms with E-state index in [2.05, 4.69) is 5.32 Å². The number of primary amides is 1. The molecule has 0 heterocycles. The van der Waals surface area contributed by atoms with Gasteiger partial charge >= 0.3 is 0 Å². The zero-order chi connectivity index (χ0) is 16.3. The van der Waals surface area contributed by atoms with Crippen molar-refractivity contribution in [3.63, 3.8) is 0 Å². The van der Waals surface area contributed by atoms with Gasteiger partial charge in [-0.05, 0) is 61.4 Å². The number of aryl methyl sites for hydroxylation is 2.